The van der Waals surface area contributed by atoms with Crippen molar-refractivity contribution < 1.29 is 14.7 Å². The van der Waals surface area contributed by atoms with Crippen LogP contribution in [0, 0.1) is 0 Å². The third kappa shape index (κ3) is 3.21. The van der Waals surface area contributed by atoms with Crippen molar-refractivity contribution in [2.24, 2.45) is 0 Å². The molecule has 2 heterocycles. The summed E-state index contributed by atoms with van der Waals surface area (Å²) in [5, 5.41) is 11.0. The van der Waals surface area contributed by atoms with E-state index in [0.29, 0.717) is 22.0 Å². The number of β-amino-alcohol motifs (C(OH)–C–C–N with tert-alkyl or cyclic N) is 1. The van der Waals surface area contributed by atoms with Gasteiger partial charge >= 0.3 is 0 Å². The number of hydrogen-bond donors (Lipinski definition) is 1. The number of rotatable bonds is 3. The van der Waals surface area contributed by atoms with Crippen LogP contribution in [0.25, 0.3) is 0 Å². The molecule has 2 fully saturated rings. The Morgan fingerprint density at radius 1 is 1.11 bits per heavy atom. The topological polar surface area (TPSA) is 57.6 Å². The molecule has 4 rings (SSSR count). The van der Waals surface area contributed by atoms with Crippen LogP contribution in [-0.4, -0.2) is 39.9 Å². The summed E-state index contributed by atoms with van der Waals surface area (Å²) in [7, 11) is 0. The van der Waals surface area contributed by atoms with Crippen LogP contribution in [0.4, 0.5) is 0 Å². The molecule has 2 aromatic rings. The first-order chi connectivity index (χ1) is 12.8. The summed E-state index contributed by atoms with van der Waals surface area (Å²) in [6.07, 6.45) is -0.109. The van der Waals surface area contributed by atoms with Crippen LogP contribution in [0.1, 0.15) is 23.5 Å². The number of hydrogen-bond acceptors (Lipinski definition) is 3. The highest BCUT2D eigenvalue weighted by molar-refractivity contribution is 9.10. The molecule has 0 radical (unpaired) electrons. The van der Waals surface area contributed by atoms with Gasteiger partial charge in [0.25, 0.3) is 0 Å². The van der Waals surface area contributed by atoms with Crippen LogP contribution in [-0.2, 0) is 16.0 Å². The molecular formula is C20H16BrCl2NO3. The van der Waals surface area contributed by atoms with Crippen molar-refractivity contribution in [2.75, 3.05) is 6.54 Å². The van der Waals surface area contributed by atoms with Gasteiger partial charge in [-0.3, -0.25) is 9.59 Å². The van der Waals surface area contributed by atoms with Gasteiger partial charge in [0.1, 0.15) is 11.5 Å². The monoisotopic (exact) mass is 467 g/mol. The zero-order valence-electron chi connectivity index (χ0n) is 14.2. The predicted octanol–water partition coefficient (Wildman–Crippen LogP) is 4.00. The van der Waals surface area contributed by atoms with E-state index in [-0.39, 0.29) is 24.7 Å². The molecule has 0 aliphatic carbocycles. The van der Waals surface area contributed by atoms with E-state index in [1.165, 1.54) is 0 Å². The molecule has 0 bridgehead atoms. The van der Waals surface area contributed by atoms with Crippen molar-refractivity contribution >= 4 is 50.8 Å². The number of aliphatic hydroxyl groups is 1. The normalized spacial score (nSPS) is 27.3. The first kappa shape index (κ1) is 18.9. The van der Waals surface area contributed by atoms with Gasteiger partial charge in [-0.15, -0.1) is 0 Å². The molecule has 2 aromatic carbocycles. The first-order valence-electron chi connectivity index (χ1n) is 8.54. The van der Waals surface area contributed by atoms with E-state index >= 15 is 0 Å². The van der Waals surface area contributed by atoms with Crippen molar-refractivity contribution in [2.45, 2.75) is 30.4 Å². The summed E-state index contributed by atoms with van der Waals surface area (Å²) in [6.45, 7) is 0.159. The van der Waals surface area contributed by atoms with Crippen LogP contribution < -0.4 is 0 Å². The molecule has 0 spiro atoms. The van der Waals surface area contributed by atoms with Gasteiger partial charge in [0, 0.05) is 33.9 Å². The lowest BCUT2D eigenvalue weighted by Crippen LogP contribution is -2.46. The zero-order chi connectivity index (χ0) is 19.3. The molecule has 27 heavy (non-hydrogen) atoms. The number of aliphatic hydroxyl groups excluding tert-OH is 1. The van der Waals surface area contributed by atoms with Crippen molar-refractivity contribution in [3.63, 3.8) is 0 Å². The Bertz CT molecular complexity index is 913. The molecule has 1 amide bonds. The van der Waals surface area contributed by atoms with Gasteiger partial charge in [-0.25, -0.2) is 0 Å². The summed E-state index contributed by atoms with van der Waals surface area (Å²) in [4.78, 5) is 28.1. The second kappa shape index (κ2) is 6.89. The van der Waals surface area contributed by atoms with Crippen LogP contribution >= 0.6 is 39.1 Å². The van der Waals surface area contributed by atoms with E-state index in [1.807, 2.05) is 24.3 Å². The molecule has 4 nitrogen and oxygen atoms in total. The minimum absolute atomic E-state index is 0.159. The van der Waals surface area contributed by atoms with Crippen LogP contribution in [0.2, 0.25) is 10.0 Å². The number of carbonyl (C=O) groups excluding carboxylic acids is 2. The number of nitrogens with zero attached hydrogens (tertiary/aromatic N) is 1. The van der Waals surface area contributed by atoms with E-state index < -0.39 is 17.6 Å². The predicted molar refractivity (Wildman–Crippen MR) is 107 cm³/mol. The second-order valence-electron chi connectivity index (χ2n) is 7.14. The third-order valence-electron chi connectivity index (χ3n) is 5.35. The molecule has 0 saturated carbocycles. The van der Waals surface area contributed by atoms with Crippen molar-refractivity contribution in [3.05, 3.63) is 68.1 Å². The minimum atomic E-state index is -1.04. The molecule has 3 unspecified atom stereocenters. The summed E-state index contributed by atoms with van der Waals surface area (Å²) < 4.78 is 0.937. The van der Waals surface area contributed by atoms with Gasteiger partial charge in [0.15, 0.2) is 5.78 Å². The van der Waals surface area contributed by atoms with Crippen molar-refractivity contribution in [1.82, 2.24) is 4.90 Å². The van der Waals surface area contributed by atoms with Gasteiger partial charge in [-0.1, -0.05) is 51.3 Å². The lowest BCUT2D eigenvalue weighted by Gasteiger charge is -2.30. The number of carbonyl (C=O) groups is 2. The van der Waals surface area contributed by atoms with Gasteiger partial charge in [0.2, 0.25) is 5.91 Å². The standard InChI is InChI=1S/C20H16BrCl2NO3/c21-13-3-1-11(2-4-13)8-20-9-16(25)10-24(20)19(27)17(18(20)26)12-5-14(22)7-15(23)6-12/h1-7,16-17,25H,8-10H2. The summed E-state index contributed by atoms with van der Waals surface area (Å²) >= 11 is 15.6. The maximum absolute atomic E-state index is 13.5. The lowest BCUT2D eigenvalue weighted by molar-refractivity contribution is -0.131. The fraction of sp³-hybridized carbons (Fsp3) is 0.300. The van der Waals surface area contributed by atoms with E-state index in [9.17, 15) is 14.7 Å². The highest BCUT2D eigenvalue weighted by atomic mass is 79.9. The molecule has 2 aliphatic rings. The fourth-order valence-corrected chi connectivity index (χ4v) is 5.06. The molecule has 2 saturated heterocycles. The number of ketones is 1. The largest absolute Gasteiger partial charge is 0.391 e. The SMILES string of the molecule is O=C1C(c2cc(Cl)cc(Cl)c2)C(=O)C2(Cc3ccc(Br)cc3)CC(O)CN12. The third-order valence-corrected chi connectivity index (χ3v) is 6.31. The lowest BCUT2D eigenvalue weighted by atomic mass is 9.80. The Hall–Kier alpha value is -1.40. The van der Waals surface area contributed by atoms with E-state index in [4.69, 9.17) is 23.2 Å². The van der Waals surface area contributed by atoms with Gasteiger partial charge in [-0.2, -0.15) is 0 Å². The van der Waals surface area contributed by atoms with E-state index in [1.54, 1.807) is 23.1 Å². The van der Waals surface area contributed by atoms with Crippen LogP contribution in [0.3, 0.4) is 0 Å². The molecule has 0 aromatic heterocycles. The Kier molecular flexibility index (Phi) is 4.83. The first-order valence-corrected chi connectivity index (χ1v) is 10.1. The van der Waals surface area contributed by atoms with E-state index in [0.717, 1.165) is 10.0 Å². The number of Topliss-reactive ketones (excluding diaryl/α,β-unsaturated/α-hetero) is 1. The summed E-state index contributed by atoms with van der Waals surface area (Å²) in [6, 6.07) is 12.4. The number of halogens is 3. The Morgan fingerprint density at radius 3 is 2.37 bits per heavy atom. The molecule has 140 valence electrons. The molecule has 2 aliphatic heterocycles. The fourth-order valence-electron chi connectivity index (χ4n) is 4.25. The second-order valence-corrected chi connectivity index (χ2v) is 8.93. The van der Waals surface area contributed by atoms with Crippen LogP contribution in [0.15, 0.2) is 46.9 Å². The molecule has 1 N–H and O–H groups in total. The highest BCUT2D eigenvalue weighted by Crippen LogP contribution is 2.46. The maximum Gasteiger partial charge on any atom is 0.238 e. The zero-order valence-corrected chi connectivity index (χ0v) is 17.3. The highest BCUT2D eigenvalue weighted by Gasteiger charge is 2.62. The Labute approximate surface area is 175 Å². The van der Waals surface area contributed by atoms with Crippen molar-refractivity contribution in [1.29, 1.82) is 0 Å². The number of benzene rings is 2. The van der Waals surface area contributed by atoms with Gasteiger partial charge in [0.05, 0.1) is 6.10 Å². The van der Waals surface area contributed by atoms with Crippen LogP contribution in [0.5, 0.6) is 0 Å². The minimum Gasteiger partial charge on any atom is -0.391 e. The van der Waals surface area contributed by atoms with Gasteiger partial charge < -0.3 is 10.0 Å². The average Bonchev–Trinajstić information content (AvgIpc) is 3.01. The molecular weight excluding hydrogens is 453 g/mol. The quantitative estimate of drug-likeness (QED) is 0.692. The van der Waals surface area contributed by atoms with E-state index in [2.05, 4.69) is 15.9 Å². The summed E-state index contributed by atoms with van der Waals surface area (Å²) in [5.41, 5.74) is 0.397. The summed E-state index contributed by atoms with van der Waals surface area (Å²) in [5.74, 6) is -1.44. The Balaban J connectivity index is 1.76. The maximum atomic E-state index is 13.5. The molecule has 7 heteroatoms. The van der Waals surface area contributed by atoms with Crippen molar-refractivity contribution in [3.8, 4) is 0 Å². The van der Waals surface area contributed by atoms with Gasteiger partial charge in [-0.05, 0) is 41.5 Å². The number of fused-ring (bicyclic) bond motifs is 1. The number of amides is 1. The average molecular weight is 469 g/mol. The molecule has 3 atom stereocenters. The Morgan fingerprint density at radius 2 is 1.74 bits per heavy atom. The smallest absolute Gasteiger partial charge is 0.238 e.